The van der Waals surface area contributed by atoms with E-state index >= 15 is 0 Å². The first-order valence-electron chi connectivity index (χ1n) is 14.3. The van der Waals surface area contributed by atoms with Gasteiger partial charge >= 0.3 is 0 Å². The lowest BCUT2D eigenvalue weighted by molar-refractivity contribution is 1.25. The molecule has 7 aromatic rings. The second kappa shape index (κ2) is 9.21. The van der Waals surface area contributed by atoms with Crippen molar-refractivity contribution in [3.05, 3.63) is 151 Å². The van der Waals surface area contributed by atoms with E-state index < -0.39 is 0 Å². The Morgan fingerprint density at radius 3 is 1.71 bits per heavy atom. The van der Waals surface area contributed by atoms with Crippen molar-refractivity contribution < 1.29 is 0 Å². The Morgan fingerprint density at radius 1 is 0.390 bits per heavy atom. The zero-order valence-electron chi connectivity index (χ0n) is 23.2. The van der Waals surface area contributed by atoms with Crippen LogP contribution in [-0.4, -0.2) is 0 Å². The lowest BCUT2D eigenvalue weighted by Gasteiger charge is -2.29. The van der Waals surface area contributed by atoms with Gasteiger partial charge in [0.15, 0.2) is 0 Å². The van der Waals surface area contributed by atoms with Crippen LogP contribution in [0.15, 0.2) is 140 Å². The highest BCUT2D eigenvalue weighted by molar-refractivity contribution is 6.12. The van der Waals surface area contributed by atoms with E-state index in [-0.39, 0.29) is 0 Å². The summed E-state index contributed by atoms with van der Waals surface area (Å²) >= 11 is 0. The zero-order valence-corrected chi connectivity index (χ0v) is 23.2. The van der Waals surface area contributed by atoms with Crippen molar-refractivity contribution in [3.8, 4) is 33.4 Å². The molecule has 0 aliphatic heterocycles. The summed E-state index contributed by atoms with van der Waals surface area (Å²) in [6, 6.07) is 51.2. The van der Waals surface area contributed by atoms with E-state index in [0.717, 1.165) is 0 Å². The zero-order chi connectivity index (χ0) is 27.5. The minimum absolute atomic E-state index is 1.17. The minimum atomic E-state index is 1.17. The van der Waals surface area contributed by atoms with Gasteiger partial charge in [-0.3, -0.25) is 0 Å². The normalized spacial score (nSPS) is 11.7. The van der Waals surface area contributed by atoms with Gasteiger partial charge in [0, 0.05) is 17.1 Å². The van der Waals surface area contributed by atoms with E-state index in [9.17, 15) is 0 Å². The van der Waals surface area contributed by atoms with Crippen molar-refractivity contribution in [2.45, 2.75) is 13.8 Å². The highest BCUT2D eigenvalue weighted by atomic mass is 15.1. The smallest absolute Gasteiger partial charge is 0.0490 e. The molecule has 0 saturated carbocycles. The molecule has 0 aromatic heterocycles. The molecule has 0 atom stereocenters. The van der Waals surface area contributed by atoms with Crippen LogP contribution in [0.4, 0.5) is 17.1 Å². The van der Waals surface area contributed by atoms with Crippen molar-refractivity contribution in [2.75, 3.05) is 4.90 Å². The summed E-state index contributed by atoms with van der Waals surface area (Å²) in [6.45, 7) is 4.34. The van der Waals surface area contributed by atoms with Gasteiger partial charge in [-0.15, -0.1) is 0 Å². The average molecular weight is 524 g/mol. The van der Waals surface area contributed by atoms with Crippen molar-refractivity contribution in [1.29, 1.82) is 0 Å². The Hall–Kier alpha value is -5.14. The highest BCUT2D eigenvalue weighted by Crippen LogP contribution is 2.51. The Morgan fingerprint density at radius 2 is 1.00 bits per heavy atom. The molecule has 7 aromatic carbocycles. The summed E-state index contributed by atoms with van der Waals surface area (Å²) in [5.74, 6) is 0. The lowest BCUT2D eigenvalue weighted by atomic mass is 9.77. The molecule has 0 spiro atoms. The first kappa shape index (κ1) is 23.7. The summed E-state index contributed by atoms with van der Waals surface area (Å²) in [4.78, 5) is 2.38. The summed E-state index contributed by atoms with van der Waals surface area (Å²) in [7, 11) is 0. The van der Waals surface area contributed by atoms with E-state index in [1.54, 1.807) is 0 Å². The predicted octanol–water partition coefficient (Wildman–Crippen LogP) is 11.4. The van der Waals surface area contributed by atoms with Crippen molar-refractivity contribution in [3.63, 3.8) is 0 Å². The van der Waals surface area contributed by atoms with Gasteiger partial charge < -0.3 is 4.90 Å². The fourth-order valence-corrected chi connectivity index (χ4v) is 6.37. The molecule has 0 unspecified atom stereocenters. The largest absolute Gasteiger partial charge is 0.310 e. The maximum absolute atomic E-state index is 2.38. The van der Waals surface area contributed by atoms with E-state index in [1.807, 2.05) is 0 Å². The highest BCUT2D eigenvalue weighted by Gasteiger charge is 2.24. The molecule has 1 aliphatic carbocycles. The molecule has 0 amide bonds. The Bertz CT molecular complexity index is 2120. The third kappa shape index (κ3) is 3.93. The summed E-state index contributed by atoms with van der Waals surface area (Å²) in [6.07, 6.45) is 0. The second-order valence-corrected chi connectivity index (χ2v) is 11.2. The third-order valence-corrected chi connectivity index (χ3v) is 8.50. The quantitative estimate of drug-likeness (QED) is 0.222. The minimum Gasteiger partial charge on any atom is -0.310 e. The molecular formula is C40H29N. The number of para-hydroxylation sites is 1. The molecule has 0 radical (unpaired) electrons. The van der Waals surface area contributed by atoms with Crippen LogP contribution in [0.5, 0.6) is 0 Å². The van der Waals surface area contributed by atoms with Crippen molar-refractivity contribution in [1.82, 2.24) is 0 Å². The number of benzene rings is 7. The van der Waals surface area contributed by atoms with Crippen LogP contribution in [0.25, 0.3) is 54.9 Å². The summed E-state index contributed by atoms with van der Waals surface area (Å²) < 4.78 is 0. The number of hydrogen-bond donors (Lipinski definition) is 0. The molecule has 0 saturated heterocycles. The number of fused-ring (bicyclic) bond motifs is 6. The number of hydrogen-bond acceptors (Lipinski definition) is 1. The molecule has 0 fully saturated rings. The van der Waals surface area contributed by atoms with Crippen LogP contribution in [0, 0.1) is 13.8 Å². The molecule has 1 aliphatic rings. The van der Waals surface area contributed by atoms with Gasteiger partial charge in [-0.1, -0.05) is 78.9 Å². The van der Waals surface area contributed by atoms with Gasteiger partial charge in [0.1, 0.15) is 0 Å². The fraction of sp³-hybridized carbons (Fsp3) is 0.0500. The fourth-order valence-electron chi connectivity index (χ4n) is 6.37. The van der Waals surface area contributed by atoms with Crippen molar-refractivity contribution in [2.24, 2.45) is 0 Å². The van der Waals surface area contributed by atoms with Gasteiger partial charge in [-0.2, -0.15) is 0 Å². The van der Waals surface area contributed by atoms with E-state index in [0.29, 0.717) is 0 Å². The van der Waals surface area contributed by atoms with Crippen LogP contribution in [-0.2, 0) is 0 Å². The first-order chi connectivity index (χ1) is 20.1. The topological polar surface area (TPSA) is 3.24 Å². The molecule has 1 heteroatoms. The maximum Gasteiger partial charge on any atom is 0.0490 e. The van der Waals surface area contributed by atoms with E-state index in [4.69, 9.17) is 0 Å². The number of rotatable bonds is 4. The number of aryl methyl sites for hydroxylation is 2. The predicted molar refractivity (Wildman–Crippen MR) is 175 cm³/mol. The van der Waals surface area contributed by atoms with Crippen molar-refractivity contribution >= 4 is 38.6 Å². The Labute approximate surface area is 241 Å². The molecule has 0 heterocycles. The molecule has 0 N–H and O–H groups in total. The standard InChI is InChI=1S/C40H29N/c1-26-9-8-13-34(19-26)41(40-14-7-6-10-27(40)2)35-18-17-31-23-37-38-24-32-20-29(28-11-4-3-5-12-28)15-16-30(32)22-36(38)39(37)25-33(31)21-35/h3-25H,1-2H3. The van der Waals surface area contributed by atoms with E-state index in [1.165, 1.54) is 83.1 Å². The van der Waals surface area contributed by atoms with Gasteiger partial charge in [-0.05, 0) is 141 Å². The number of nitrogens with zero attached hydrogens (tertiary/aromatic N) is 1. The van der Waals surface area contributed by atoms with E-state index in [2.05, 4.69) is 158 Å². The second-order valence-electron chi connectivity index (χ2n) is 11.2. The Kier molecular flexibility index (Phi) is 5.33. The maximum atomic E-state index is 2.38. The lowest BCUT2D eigenvalue weighted by Crippen LogP contribution is -2.11. The van der Waals surface area contributed by atoms with Crippen LogP contribution < -0.4 is 4.90 Å². The summed E-state index contributed by atoms with van der Waals surface area (Å²) in [5, 5.41) is 5.11. The van der Waals surface area contributed by atoms with Gasteiger partial charge in [0.05, 0.1) is 0 Å². The molecule has 0 bridgehead atoms. The van der Waals surface area contributed by atoms with Crippen LogP contribution in [0.3, 0.4) is 0 Å². The molecule has 8 rings (SSSR count). The molecular weight excluding hydrogens is 494 g/mol. The third-order valence-electron chi connectivity index (χ3n) is 8.50. The average Bonchev–Trinajstić information content (AvgIpc) is 3.01. The molecule has 1 nitrogen and oxygen atoms in total. The number of anilines is 3. The molecule has 41 heavy (non-hydrogen) atoms. The Balaban J connectivity index is 1.23. The van der Waals surface area contributed by atoms with Crippen LogP contribution in [0.1, 0.15) is 11.1 Å². The summed E-state index contributed by atoms with van der Waals surface area (Å²) in [5.41, 5.74) is 14.0. The SMILES string of the molecule is Cc1cccc(N(c2ccc3cc4c(cc3c2)-c2cc3ccc(-c5ccccc5)cc3cc2-4)c2ccccc2C)c1. The van der Waals surface area contributed by atoms with Crippen LogP contribution in [0.2, 0.25) is 0 Å². The monoisotopic (exact) mass is 523 g/mol. The van der Waals surface area contributed by atoms with Crippen LogP contribution >= 0.6 is 0 Å². The van der Waals surface area contributed by atoms with Gasteiger partial charge in [0.2, 0.25) is 0 Å². The van der Waals surface area contributed by atoms with Gasteiger partial charge in [-0.25, -0.2) is 0 Å². The van der Waals surface area contributed by atoms with Gasteiger partial charge in [0.25, 0.3) is 0 Å². The first-order valence-corrected chi connectivity index (χ1v) is 14.3. The molecule has 194 valence electrons.